The average Bonchev–Trinajstić information content (AvgIpc) is 3.16. The van der Waals surface area contributed by atoms with Gasteiger partial charge < -0.3 is 4.18 Å². The molecule has 0 aliphatic rings. The minimum atomic E-state index is -4.08. The van der Waals surface area contributed by atoms with E-state index in [1.165, 1.54) is 17.8 Å². The highest BCUT2D eigenvalue weighted by Crippen LogP contribution is 2.26. The van der Waals surface area contributed by atoms with Crippen LogP contribution in [0.3, 0.4) is 0 Å². The molecule has 0 radical (unpaired) electrons. The Labute approximate surface area is 160 Å². The number of hydrogen-bond acceptors (Lipinski definition) is 8. The molecule has 0 unspecified atom stereocenters. The van der Waals surface area contributed by atoms with Crippen molar-refractivity contribution in [1.29, 1.82) is 5.26 Å². The van der Waals surface area contributed by atoms with Gasteiger partial charge in [-0.25, -0.2) is 4.68 Å². The van der Waals surface area contributed by atoms with Gasteiger partial charge in [-0.15, -0.1) is 22.0 Å². The number of nitrogens with two attached hydrogens (primary N) is 1. The van der Waals surface area contributed by atoms with Gasteiger partial charge in [0.1, 0.15) is 18.4 Å². The van der Waals surface area contributed by atoms with E-state index in [4.69, 9.17) is 14.6 Å². The van der Waals surface area contributed by atoms with Crippen LogP contribution in [0.5, 0.6) is 5.75 Å². The number of anilines is 1. The van der Waals surface area contributed by atoms with E-state index in [0.29, 0.717) is 11.4 Å². The summed E-state index contributed by atoms with van der Waals surface area (Å²) in [5, 5.41) is 23.4. The normalized spacial score (nSPS) is 11.0. The molecule has 9 nitrogen and oxygen atoms in total. The maximum absolute atomic E-state index is 11.1. The summed E-state index contributed by atoms with van der Waals surface area (Å²) in [4.78, 5) is 0.780. The van der Waals surface area contributed by atoms with Crippen molar-refractivity contribution in [3.63, 3.8) is 0 Å². The molecule has 0 saturated heterocycles. The summed E-state index contributed by atoms with van der Waals surface area (Å²) in [7, 11) is -4.08. The van der Waals surface area contributed by atoms with Crippen LogP contribution < -0.4 is 14.3 Å². The minimum Gasteiger partial charge on any atom is -0.371 e. The first-order valence-corrected chi connectivity index (χ1v) is 9.98. The lowest BCUT2D eigenvalue weighted by molar-refractivity contribution is 0.487. The molecule has 27 heavy (non-hydrogen) atoms. The highest BCUT2D eigenvalue weighted by molar-refractivity contribution is 7.99. The first-order valence-electron chi connectivity index (χ1n) is 7.52. The van der Waals surface area contributed by atoms with Crippen LogP contribution in [0, 0.1) is 11.3 Å². The molecule has 2 N–H and O–H groups in total. The summed E-state index contributed by atoms with van der Waals surface area (Å²) < 4.78 is 28.5. The second-order valence-electron chi connectivity index (χ2n) is 5.22. The summed E-state index contributed by atoms with van der Waals surface area (Å²) in [5.41, 5.74) is 1.39. The van der Waals surface area contributed by atoms with Crippen molar-refractivity contribution < 1.29 is 12.6 Å². The number of nitrogens with zero attached hydrogens (tertiary/aromatic N) is 5. The van der Waals surface area contributed by atoms with Gasteiger partial charge in [-0.3, -0.25) is 5.01 Å². The lowest BCUT2D eigenvalue weighted by Crippen LogP contribution is -2.27. The Hall–Kier alpha value is -3.07. The van der Waals surface area contributed by atoms with E-state index in [9.17, 15) is 8.42 Å². The summed E-state index contributed by atoms with van der Waals surface area (Å²) in [5.74, 6) is 0.597. The van der Waals surface area contributed by atoms with Crippen LogP contribution in [0.25, 0.3) is 0 Å². The summed E-state index contributed by atoms with van der Waals surface area (Å²) in [6, 6.07) is 15.7. The lowest BCUT2D eigenvalue weighted by Gasteiger charge is -2.24. The fourth-order valence-electron chi connectivity index (χ4n) is 2.19. The average molecular weight is 402 g/mol. The van der Waals surface area contributed by atoms with Crippen molar-refractivity contribution in [2.75, 3.05) is 10.9 Å². The SMILES string of the molecule is N#Cc1ccc(N(CSc2cccc(OS(N)(=O)=O)c2)n2cnnc2)cc1. The number of rotatable bonds is 7. The molecular weight excluding hydrogens is 388 g/mol. The van der Waals surface area contributed by atoms with Crippen LogP contribution >= 0.6 is 11.8 Å². The summed E-state index contributed by atoms with van der Waals surface area (Å²) in [6.45, 7) is 0. The van der Waals surface area contributed by atoms with Crippen molar-refractivity contribution >= 4 is 27.8 Å². The predicted molar refractivity (Wildman–Crippen MR) is 100.0 cm³/mol. The third-order valence-corrected chi connectivity index (χ3v) is 4.74. The molecule has 3 rings (SSSR count). The van der Waals surface area contributed by atoms with E-state index in [2.05, 4.69) is 16.3 Å². The lowest BCUT2D eigenvalue weighted by atomic mass is 10.2. The highest BCUT2D eigenvalue weighted by atomic mass is 32.2. The Morgan fingerprint density at radius 2 is 1.89 bits per heavy atom. The molecule has 1 heterocycles. The van der Waals surface area contributed by atoms with Gasteiger partial charge in [-0.2, -0.15) is 18.8 Å². The molecule has 0 aliphatic heterocycles. The maximum Gasteiger partial charge on any atom is 0.380 e. The van der Waals surface area contributed by atoms with Crippen LogP contribution in [0.1, 0.15) is 5.56 Å². The van der Waals surface area contributed by atoms with Gasteiger partial charge in [0.25, 0.3) is 0 Å². The second-order valence-corrected chi connectivity index (χ2v) is 7.40. The zero-order valence-electron chi connectivity index (χ0n) is 13.8. The number of hydrogen-bond donors (Lipinski definition) is 1. The Bertz CT molecular complexity index is 1050. The Balaban J connectivity index is 1.79. The molecule has 3 aromatic rings. The van der Waals surface area contributed by atoms with Crippen molar-refractivity contribution in [3.8, 4) is 11.8 Å². The third-order valence-electron chi connectivity index (χ3n) is 3.35. The van der Waals surface area contributed by atoms with E-state index >= 15 is 0 Å². The Kier molecular flexibility index (Phi) is 5.60. The Morgan fingerprint density at radius 3 is 2.52 bits per heavy atom. The van der Waals surface area contributed by atoms with Gasteiger partial charge in [0, 0.05) is 4.90 Å². The molecule has 0 saturated carbocycles. The molecular formula is C16H14N6O3S2. The summed E-state index contributed by atoms with van der Waals surface area (Å²) in [6.07, 6.45) is 3.11. The molecule has 0 spiro atoms. The molecule has 1 aromatic heterocycles. The Morgan fingerprint density at radius 1 is 1.19 bits per heavy atom. The molecule has 0 bridgehead atoms. The van der Waals surface area contributed by atoms with E-state index in [1.807, 2.05) is 23.2 Å². The van der Waals surface area contributed by atoms with Gasteiger partial charge in [-0.1, -0.05) is 6.07 Å². The smallest absolute Gasteiger partial charge is 0.371 e. The largest absolute Gasteiger partial charge is 0.380 e. The van der Waals surface area contributed by atoms with Crippen molar-refractivity contribution in [2.45, 2.75) is 4.90 Å². The van der Waals surface area contributed by atoms with E-state index in [1.54, 1.807) is 41.6 Å². The van der Waals surface area contributed by atoms with Crippen molar-refractivity contribution in [3.05, 3.63) is 66.7 Å². The van der Waals surface area contributed by atoms with Crippen LogP contribution in [0.2, 0.25) is 0 Å². The molecule has 0 amide bonds. The number of aromatic nitrogens is 3. The first kappa shape index (κ1) is 18.7. The monoisotopic (exact) mass is 402 g/mol. The van der Waals surface area contributed by atoms with Gasteiger partial charge in [0.15, 0.2) is 0 Å². The van der Waals surface area contributed by atoms with Crippen LogP contribution in [-0.4, -0.2) is 29.2 Å². The van der Waals surface area contributed by atoms with Crippen LogP contribution in [0.4, 0.5) is 5.69 Å². The maximum atomic E-state index is 11.1. The van der Waals surface area contributed by atoms with E-state index < -0.39 is 10.3 Å². The zero-order valence-corrected chi connectivity index (χ0v) is 15.5. The van der Waals surface area contributed by atoms with E-state index in [0.717, 1.165) is 10.6 Å². The highest BCUT2D eigenvalue weighted by Gasteiger charge is 2.11. The summed E-state index contributed by atoms with van der Waals surface area (Å²) >= 11 is 1.44. The van der Waals surface area contributed by atoms with Crippen LogP contribution in [0.15, 0.2) is 66.1 Å². The van der Waals surface area contributed by atoms with Gasteiger partial charge in [-0.05, 0) is 42.5 Å². The van der Waals surface area contributed by atoms with Gasteiger partial charge in [0.05, 0.1) is 23.2 Å². The van der Waals surface area contributed by atoms with Crippen molar-refractivity contribution in [2.24, 2.45) is 5.14 Å². The number of thioether (sulfide) groups is 1. The molecule has 0 fully saturated rings. The second kappa shape index (κ2) is 8.09. The predicted octanol–water partition coefficient (Wildman–Crippen LogP) is 1.75. The first-order chi connectivity index (χ1) is 12.9. The molecule has 2 aromatic carbocycles. The standard InChI is InChI=1S/C16H14N6O3S2/c17-9-13-4-6-14(7-5-13)22(21-10-19-20-11-21)12-26-16-3-1-2-15(8-16)25-27(18,23)24/h1-8,10-11H,12H2,(H2,18,23,24). The van der Waals surface area contributed by atoms with Crippen molar-refractivity contribution in [1.82, 2.24) is 14.9 Å². The quantitative estimate of drug-likeness (QED) is 0.468. The molecule has 11 heteroatoms. The fraction of sp³-hybridized carbons (Fsp3) is 0.0625. The third kappa shape index (κ3) is 5.20. The van der Waals surface area contributed by atoms with Gasteiger partial charge >= 0.3 is 10.3 Å². The zero-order chi connectivity index (χ0) is 19.3. The number of benzene rings is 2. The minimum absolute atomic E-state index is 0.136. The number of nitriles is 1. The van der Waals surface area contributed by atoms with Gasteiger partial charge in [0.2, 0.25) is 0 Å². The van der Waals surface area contributed by atoms with Crippen LogP contribution in [-0.2, 0) is 10.3 Å². The molecule has 0 atom stereocenters. The molecule has 0 aliphatic carbocycles. The molecule has 138 valence electrons. The fourth-order valence-corrected chi connectivity index (χ4v) is 3.49. The topological polar surface area (TPSA) is 127 Å². The van der Waals surface area contributed by atoms with E-state index in [-0.39, 0.29) is 5.75 Å².